The lowest BCUT2D eigenvalue weighted by Gasteiger charge is -2.25. The summed E-state index contributed by atoms with van der Waals surface area (Å²) in [5, 5.41) is 8.17. The van der Waals surface area contributed by atoms with Gasteiger partial charge >= 0.3 is 0 Å². The summed E-state index contributed by atoms with van der Waals surface area (Å²) in [6.07, 6.45) is 5.78. The van der Waals surface area contributed by atoms with Gasteiger partial charge in [-0.15, -0.1) is 0 Å². The molecule has 0 saturated carbocycles. The molecule has 112 valence electrons. The van der Waals surface area contributed by atoms with Crippen LogP contribution in [0, 0.1) is 6.92 Å². The summed E-state index contributed by atoms with van der Waals surface area (Å²) in [6.45, 7) is 3.45. The molecule has 1 atom stereocenters. The van der Waals surface area contributed by atoms with E-state index in [1.807, 2.05) is 35.8 Å². The Kier molecular flexibility index (Phi) is 3.92. The van der Waals surface area contributed by atoms with Gasteiger partial charge in [-0.3, -0.25) is 9.48 Å². The molecule has 2 aromatic heterocycles. The smallest absolute Gasteiger partial charge is 0.259 e. The molecule has 1 aliphatic heterocycles. The quantitative estimate of drug-likeness (QED) is 0.938. The molecule has 2 aromatic rings. The van der Waals surface area contributed by atoms with E-state index in [0.717, 1.165) is 42.2 Å². The van der Waals surface area contributed by atoms with Crippen LogP contribution in [0.4, 0.5) is 5.00 Å². The molecule has 7 heteroatoms. The van der Waals surface area contributed by atoms with Crippen molar-refractivity contribution in [3.63, 3.8) is 0 Å². The van der Waals surface area contributed by atoms with E-state index in [9.17, 15) is 4.79 Å². The maximum Gasteiger partial charge on any atom is 0.259 e. The molecule has 3 rings (SSSR count). The van der Waals surface area contributed by atoms with Crippen LogP contribution >= 0.6 is 11.5 Å². The number of nitrogens with zero attached hydrogens (tertiary/aromatic N) is 4. The fourth-order valence-corrected chi connectivity index (χ4v) is 3.59. The summed E-state index contributed by atoms with van der Waals surface area (Å²) < 4.78 is 6.19. The minimum Gasteiger partial charge on any atom is -0.378 e. The summed E-state index contributed by atoms with van der Waals surface area (Å²) in [6, 6.07) is 2.12. The third-order valence-corrected chi connectivity index (χ3v) is 4.85. The molecule has 1 amide bonds. The second kappa shape index (κ2) is 5.85. The van der Waals surface area contributed by atoms with E-state index >= 15 is 0 Å². The van der Waals surface area contributed by atoms with Gasteiger partial charge in [0, 0.05) is 26.0 Å². The predicted octanol–water partition coefficient (Wildman–Crippen LogP) is 1.99. The summed E-state index contributed by atoms with van der Waals surface area (Å²) in [7, 11) is 1.83. The summed E-state index contributed by atoms with van der Waals surface area (Å²) in [4.78, 5) is 14.8. The molecule has 0 radical (unpaired) electrons. The Hall–Kier alpha value is -1.89. The monoisotopic (exact) mass is 305 g/mol. The topological polar surface area (TPSA) is 63.1 Å². The minimum atomic E-state index is 0.0836. The van der Waals surface area contributed by atoms with E-state index in [-0.39, 0.29) is 11.9 Å². The van der Waals surface area contributed by atoms with E-state index in [1.165, 1.54) is 11.5 Å². The van der Waals surface area contributed by atoms with Gasteiger partial charge in [-0.05, 0) is 37.4 Å². The summed E-state index contributed by atoms with van der Waals surface area (Å²) in [5.74, 6) is 0.0836. The molecular formula is C14H19N5OS. The Morgan fingerprint density at radius 3 is 3.14 bits per heavy atom. The average molecular weight is 305 g/mol. The number of likely N-dealkylation sites (tertiary alicyclic amines) is 1. The number of aromatic nitrogens is 3. The first kappa shape index (κ1) is 14.1. The van der Waals surface area contributed by atoms with E-state index in [1.54, 1.807) is 6.20 Å². The first-order chi connectivity index (χ1) is 10.2. The summed E-state index contributed by atoms with van der Waals surface area (Å²) in [5.41, 5.74) is 1.52. The molecule has 0 unspecified atom stereocenters. The van der Waals surface area contributed by atoms with Gasteiger partial charge in [0.1, 0.15) is 5.00 Å². The van der Waals surface area contributed by atoms with Crippen molar-refractivity contribution < 1.29 is 4.79 Å². The molecule has 1 saturated heterocycles. The third kappa shape index (κ3) is 2.65. The third-order valence-electron chi connectivity index (χ3n) is 3.90. The first-order valence-corrected chi connectivity index (χ1v) is 7.90. The Balaban J connectivity index is 1.81. The number of carbonyl (C=O) groups excluding carboxylic acids is 1. The molecule has 0 aliphatic carbocycles. The van der Waals surface area contributed by atoms with Crippen molar-refractivity contribution in [3.8, 4) is 0 Å². The number of rotatable bonds is 4. The Labute approximate surface area is 127 Å². The number of hydrogen-bond donors (Lipinski definition) is 1. The molecule has 21 heavy (non-hydrogen) atoms. The lowest BCUT2D eigenvalue weighted by molar-refractivity contribution is 0.0722. The highest BCUT2D eigenvalue weighted by Crippen LogP contribution is 2.29. The van der Waals surface area contributed by atoms with Gasteiger partial charge < -0.3 is 10.2 Å². The van der Waals surface area contributed by atoms with Crippen molar-refractivity contribution in [3.05, 3.63) is 29.7 Å². The van der Waals surface area contributed by atoms with E-state index in [4.69, 9.17) is 0 Å². The highest BCUT2D eigenvalue weighted by Gasteiger charge is 2.32. The van der Waals surface area contributed by atoms with Gasteiger partial charge in [-0.2, -0.15) is 9.47 Å². The number of nitrogens with one attached hydrogen (secondary N) is 1. The molecule has 1 aliphatic rings. The van der Waals surface area contributed by atoms with Crippen LogP contribution in [0.15, 0.2) is 18.5 Å². The Morgan fingerprint density at radius 2 is 2.43 bits per heavy atom. The average Bonchev–Trinajstić information content (AvgIpc) is 3.19. The highest BCUT2D eigenvalue weighted by molar-refractivity contribution is 7.10. The fourth-order valence-electron chi connectivity index (χ4n) is 2.85. The van der Waals surface area contributed by atoms with Gasteiger partial charge in [-0.1, -0.05) is 0 Å². The van der Waals surface area contributed by atoms with Crippen LogP contribution in [0.3, 0.4) is 0 Å². The van der Waals surface area contributed by atoms with E-state index in [2.05, 4.69) is 14.8 Å². The zero-order valence-electron chi connectivity index (χ0n) is 12.2. The molecule has 1 N–H and O–H groups in total. The number of aryl methyl sites for hydroxylation is 1. The summed E-state index contributed by atoms with van der Waals surface area (Å²) >= 11 is 1.34. The molecular weight excluding hydrogens is 286 g/mol. The number of hydrogen-bond acceptors (Lipinski definition) is 5. The van der Waals surface area contributed by atoms with Crippen LogP contribution in [0.1, 0.15) is 28.9 Å². The highest BCUT2D eigenvalue weighted by atomic mass is 32.1. The minimum absolute atomic E-state index is 0.0836. The molecule has 3 heterocycles. The molecule has 6 nitrogen and oxygen atoms in total. The zero-order chi connectivity index (χ0) is 14.8. The maximum atomic E-state index is 12.9. The van der Waals surface area contributed by atoms with Crippen LogP contribution in [-0.4, -0.2) is 44.6 Å². The van der Waals surface area contributed by atoms with Crippen LogP contribution in [0.25, 0.3) is 0 Å². The van der Waals surface area contributed by atoms with Crippen molar-refractivity contribution in [1.29, 1.82) is 0 Å². The molecule has 0 spiro atoms. The number of carbonyl (C=O) groups is 1. The Bertz CT molecular complexity index is 621. The lowest BCUT2D eigenvalue weighted by Crippen LogP contribution is -2.38. The molecule has 0 bridgehead atoms. The lowest BCUT2D eigenvalue weighted by atomic mass is 10.2. The predicted molar refractivity (Wildman–Crippen MR) is 82.7 cm³/mol. The molecule has 1 fully saturated rings. The van der Waals surface area contributed by atoms with Crippen molar-refractivity contribution in [1.82, 2.24) is 19.1 Å². The second-order valence-corrected chi connectivity index (χ2v) is 6.02. The van der Waals surface area contributed by atoms with Crippen molar-refractivity contribution in [2.45, 2.75) is 32.4 Å². The SMILES string of the molecule is CNc1snc(C)c1C(=O)N1CCC[C@H]1Cn1cccn1. The normalized spacial score (nSPS) is 18.2. The van der Waals surface area contributed by atoms with E-state index < -0.39 is 0 Å². The standard InChI is InChI=1S/C14H19N5OS/c1-10-12(13(15-2)21-17-10)14(20)19-8-3-5-11(19)9-18-7-4-6-16-18/h4,6-7,11,15H,3,5,8-9H2,1-2H3/t11-/m0/s1. The van der Waals surface area contributed by atoms with Crippen molar-refractivity contribution >= 4 is 22.4 Å². The van der Waals surface area contributed by atoms with Gasteiger partial charge in [-0.25, -0.2) is 0 Å². The first-order valence-electron chi connectivity index (χ1n) is 7.13. The van der Waals surface area contributed by atoms with Gasteiger partial charge in [0.05, 0.1) is 23.8 Å². The largest absolute Gasteiger partial charge is 0.378 e. The number of anilines is 1. The zero-order valence-corrected chi connectivity index (χ0v) is 13.1. The van der Waals surface area contributed by atoms with Gasteiger partial charge in [0.25, 0.3) is 5.91 Å². The maximum absolute atomic E-state index is 12.9. The van der Waals surface area contributed by atoms with Gasteiger partial charge in [0.2, 0.25) is 0 Å². The number of amides is 1. The van der Waals surface area contributed by atoms with Crippen LogP contribution in [0.2, 0.25) is 0 Å². The second-order valence-electron chi connectivity index (χ2n) is 5.24. The van der Waals surface area contributed by atoms with Crippen LogP contribution in [-0.2, 0) is 6.54 Å². The van der Waals surface area contributed by atoms with Crippen LogP contribution < -0.4 is 5.32 Å². The Morgan fingerprint density at radius 1 is 1.57 bits per heavy atom. The van der Waals surface area contributed by atoms with Crippen molar-refractivity contribution in [2.24, 2.45) is 0 Å². The molecule has 0 aromatic carbocycles. The fraction of sp³-hybridized carbons (Fsp3) is 0.500. The van der Waals surface area contributed by atoms with Crippen molar-refractivity contribution in [2.75, 3.05) is 18.9 Å². The van der Waals surface area contributed by atoms with Crippen LogP contribution in [0.5, 0.6) is 0 Å². The van der Waals surface area contributed by atoms with Gasteiger partial charge in [0.15, 0.2) is 0 Å². The van der Waals surface area contributed by atoms with E-state index in [0.29, 0.717) is 0 Å².